The molecule has 9 nitrogen and oxygen atoms in total. The average molecular weight is 476 g/mol. The minimum absolute atomic E-state index is 0.386. The van der Waals surface area contributed by atoms with Crippen molar-refractivity contribution >= 4 is 29.5 Å². The van der Waals surface area contributed by atoms with Crippen LogP contribution in [0.1, 0.15) is 44.7 Å². The standard InChI is InChI=1S/C26H37N9/c1-4-7-16-28-24-32-25(34-26(33-24)35(5-2)6-3)30-19-21-13-11-12-20(17-21)18-29-23(27)31-22-14-9-8-10-15-22/h8-15,17H,4-7,16,18-19H2,1-3H3,(H3,27,29,31)(H2,28,30,32,33,34). The van der Waals surface area contributed by atoms with Gasteiger partial charge in [0.15, 0.2) is 5.96 Å². The molecular formula is C26H37N9. The van der Waals surface area contributed by atoms with E-state index in [2.05, 4.69) is 73.7 Å². The number of nitrogens with one attached hydrogen (secondary N) is 3. The van der Waals surface area contributed by atoms with Crippen LogP contribution in [0.4, 0.5) is 23.5 Å². The summed E-state index contributed by atoms with van der Waals surface area (Å²) in [6, 6.07) is 18.0. The molecule has 186 valence electrons. The van der Waals surface area contributed by atoms with Crippen LogP contribution in [0, 0.1) is 0 Å². The maximum absolute atomic E-state index is 6.04. The number of para-hydroxylation sites is 1. The molecule has 1 aromatic heterocycles. The normalized spacial score (nSPS) is 11.2. The number of hydrogen-bond donors (Lipinski definition) is 4. The van der Waals surface area contributed by atoms with Gasteiger partial charge in [-0.25, -0.2) is 4.99 Å². The number of hydrogen-bond acceptors (Lipinski definition) is 7. The number of aliphatic imine (C=N–C) groups is 1. The molecular weight excluding hydrogens is 438 g/mol. The average Bonchev–Trinajstić information content (AvgIpc) is 2.88. The van der Waals surface area contributed by atoms with Crippen LogP contribution >= 0.6 is 0 Å². The van der Waals surface area contributed by atoms with Gasteiger partial charge in [-0.2, -0.15) is 15.0 Å². The van der Waals surface area contributed by atoms with Gasteiger partial charge in [0, 0.05) is 31.9 Å². The molecule has 0 radical (unpaired) electrons. The molecule has 5 N–H and O–H groups in total. The molecule has 9 heteroatoms. The maximum atomic E-state index is 6.04. The monoisotopic (exact) mass is 475 g/mol. The smallest absolute Gasteiger partial charge is 0.231 e. The van der Waals surface area contributed by atoms with Crippen molar-refractivity contribution in [2.75, 3.05) is 40.5 Å². The Morgan fingerprint density at radius 1 is 0.886 bits per heavy atom. The number of nitrogens with zero attached hydrogens (tertiary/aromatic N) is 5. The summed E-state index contributed by atoms with van der Waals surface area (Å²) in [5, 5.41) is 9.78. The van der Waals surface area contributed by atoms with E-state index in [0.717, 1.165) is 49.3 Å². The fourth-order valence-corrected chi connectivity index (χ4v) is 3.45. The van der Waals surface area contributed by atoms with Gasteiger partial charge in [0.25, 0.3) is 0 Å². The molecule has 3 aromatic rings. The van der Waals surface area contributed by atoms with Crippen LogP contribution in [0.15, 0.2) is 59.6 Å². The minimum atomic E-state index is 0.386. The molecule has 0 aliphatic rings. The van der Waals surface area contributed by atoms with Crippen molar-refractivity contribution in [1.82, 2.24) is 15.0 Å². The second-order valence-corrected chi connectivity index (χ2v) is 8.10. The summed E-state index contributed by atoms with van der Waals surface area (Å²) in [5.74, 6) is 2.22. The Balaban J connectivity index is 1.65. The van der Waals surface area contributed by atoms with E-state index in [1.165, 1.54) is 0 Å². The zero-order valence-electron chi connectivity index (χ0n) is 21.0. The van der Waals surface area contributed by atoms with Gasteiger partial charge in [-0.05, 0) is 43.5 Å². The predicted octanol–water partition coefficient (Wildman–Crippen LogP) is 4.47. The van der Waals surface area contributed by atoms with Gasteiger partial charge in [0.05, 0.1) is 6.54 Å². The minimum Gasteiger partial charge on any atom is -0.370 e. The first-order valence-corrected chi connectivity index (χ1v) is 12.3. The second kappa shape index (κ2) is 13.7. The Hall–Kier alpha value is -3.88. The van der Waals surface area contributed by atoms with Gasteiger partial charge in [-0.1, -0.05) is 55.8 Å². The van der Waals surface area contributed by atoms with Gasteiger partial charge in [0.2, 0.25) is 17.8 Å². The number of guanidine groups is 1. The van der Waals surface area contributed by atoms with Crippen molar-refractivity contribution in [3.63, 3.8) is 0 Å². The van der Waals surface area contributed by atoms with Crippen molar-refractivity contribution in [3.8, 4) is 0 Å². The van der Waals surface area contributed by atoms with Crippen molar-refractivity contribution in [2.24, 2.45) is 10.7 Å². The summed E-state index contributed by atoms with van der Waals surface area (Å²) in [6.07, 6.45) is 2.18. The largest absolute Gasteiger partial charge is 0.370 e. The summed E-state index contributed by atoms with van der Waals surface area (Å²) in [7, 11) is 0. The zero-order valence-corrected chi connectivity index (χ0v) is 21.0. The van der Waals surface area contributed by atoms with E-state index in [-0.39, 0.29) is 0 Å². The number of benzene rings is 2. The number of aromatic nitrogens is 3. The van der Waals surface area contributed by atoms with E-state index >= 15 is 0 Å². The Bertz CT molecular complexity index is 1070. The van der Waals surface area contributed by atoms with Crippen molar-refractivity contribution in [1.29, 1.82) is 0 Å². The topological polar surface area (TPSA) is 116 Å². The number of nitrogens with two attached hydrogens (primary N) is 1. The molecule has 0 spiro atoms. The van der Waals surface area contributed by atoms with Crippen LogP contribution < -0.4 is 26.6 Å². The summed E-state index contributed by atoms with van der Waals surface area (Å²) in [5.41, 5.74) is 9.13. The Labute approximate surface area is 208 Å². The van der Waals surface area contributed by atoms with Crippen molar-refractivity contribution < 1.29 is 0 Å². The number of unbranched alkanes of at least 4 members (excludes halogenated alkanes) is 1. The van der Waals surface area contributed by atoms with Crippen LogP contribution in [-0.2, 0) is 13.1 Å². The third kappa shape index (κ3) is 8.44. The molecule has 0 aliphatic carbocycles. The molecule has 3 rings (SSSR count). The molecule has 0 amide bonds. The molecule has 35 heavy (non-hydrogen) atoms. The predicted molar refractivity (Wildman–Crippen MR) is 146 cm³/mol. The quantitative estimate of drug-likeness (QED) is 0.163. The fraction of sp³-hybridized carbons (Fsp3) is 0.385. The molecule has 0 saturated carbocycles. The molecule has 0 saturated heterocycles. The van der Waals surface area contributed by atoms with Crippen LogP contribution in [0.25, 0.3) is 0 Å². The molecule has 2 aromatic carbocycles. The lowest BCUT2D eigenvalue weighted by atomic mass is 10.1. The lowest BCUT2D eigenvalue weighted by Gasteiger charge is -2.20. The van der Waals surface area contributed by atoms with Crippen LogP contribution in [-0.4, -0.2) is 40.5 Å². The summed E-state index contributed by atoms with van der Waals surface area (Å²) >= 11 is 0. The van der Waals surface area contributed by atoms with Gasteiger partial charge in [-0.3, -0.25) is 0 Å². The van der Waals surface area contributed by atoms with E-state index in [4.69, 9.17) is 5.73 Å². The van der Waals surface area contributed by atoms with Gasteiger partial charge in [0.1, 0.15) is 0 Å². The zero-order chi connectivity index (χ0) is 24.9. The van der Waals surface area contributed by atoms with E-state index in [1.54, 1.807) is 0 Å². The first-order valence-electron chi connectivity index (χ1n) is 12.3. The summed E-state index contributed by atoms with van der Waals surface area (Å²) < 4.78 is 0. The third-order valence-corrected chi connectivity index (χ3v) is 5.40. The molecule has 0 atom stereocenters. The molecule has 0 bridgehead atoms. The van der Waals surface area contributed by atoms with E-state index in [1.807, 2.05) is 42.5 Å². The van der Waals surface area contributed by atoms with Crippen LogP contribution in [0.5, 0.6) is 0 Å². The lowest BCUT2D eigenvalue weighted by Crippen LogP contribution is -2.25. The second-order valence-electron chi connectivity index (χ2n) is 8.10. The van der Waals surface area contributed by atoms with Crippen molar-refractivity contribution in [2.45, 2.75) is 46.7 Å². The molecule has 0 aliphatic heterocycles. The highest BCUT2D eigenvalue weighted by atomic mass is 15.3. The van der Waals surface area contributed by atoms with Gasteiger partial charge >= 0.3 is 0 Å². The number of anilines is 4. The molecule has 0 unspecified atom stereocenters. The Morgan fingerprint density at radius 2 is 1.60 bits per heavy atom. The van der Waals surface area contributed by atoms with Crippen molar-refractivity contribution in [3.05, 3.63) is 65.7 Å². The SMILES string of the molecule is CCCCNc1nc(NCc2cccc(CN=C(N)Nc3ccccc3)c2)nc(N(CC)CC)n1. The summed E-state index contributed by atoms with van der Waals surface area (Å²) in [4.78, 5) is 20.4. The first kappa shape index (κ1) is 25.7. The van der Waals surface area contributed by atoms with Gasteiger partial charge < -0.3 is 26.6 Å². The molecule has 1 heterocycles. The highest BCUT2D eigenvalue weighted by Gasteiger charge is 2.11. The Kier molecular flexibility index (Phi) is 10.1. The highest BCUT2D eigenvalue weighted by molar-refractivity contribution is 5.92. The first-order chi connectivity index (χ1) is 17.1. The molecule has 0 fully saturated rings. The van der Waals surface area contributed by atoms with Crippen LogP contribution in [0.2, 0.25) is 0 Å². The van der Waals surface area contributed by atoms with Crippen LogP contribution in [0.3, 0.4) is 0 Å². The van der Waals surface area contributed by atoms with E-state index in [9.17, 15) is 0 Å². The highest BCUT2D eigenvalue weighted by Crippen LogP contribution is 2.15. The maximum Gasteiger partial charge on any atom is 0.231 e. The summed E-state index contributed by atoms with van der Waals surface area (Å²) in [6.45, 7) is 9.94. The van der Waals surface area contributed by atoms with E-state index < -0.39 is 0 Å². The van der Waals surface area contributed by atoms with Gasteiger partial charge in [-0.15, -0.1) is 0 Å². The number of rotatable bonds is 13. The van der Waals surface area contributed by atoms with E-state index in [0.29, 0.717) is 36.9 Å². The third-order valence-electron chi connectivity index (χ3n) is 5.40. The lowest BCUT2D eigenvalue weighted by molar-refractivity contribution is 0.799. The fourth-order valence-electron chi connectivity index (χ4n) is 3.45. The Morgan fingerprint density at radius 3 is 2.31 bits per heavy atom.